The number of hydrogen-bond donors (Lipinski definition) is 1. The summed E-state index contributed by atoms with van der Waals surface area (Å²) in [6.07, 6.45) is 9.43. The number of aliphatic hydroxyl groups excluding tert-OH is 1. The zero-order valence-electron chi connectivity index (χ0n) is 25.4. The highest BCUT2D eigenvalue weighted by molar-refractivity contribution is 8.02. The van der Waals surface area contributed by atoms with E-state index < -0.39 is 33.4 Å². The fraction of sp³-hybridized carbons (Fsp3) is 0.457. The lowest BCUT2D eigenvalue weighted by atomic mass is 9.74. The fourth-order valence-electron chi connectivity index (χ4n) is 7.74. The van der Waals surface area contributed by atoms with Gasteiger partial charge in [-0.15, -0.1) is 11.8 Å². The predicted octanol–water partition coefficient (Wildman–Crippen LogP) is 4.31. The highest BCUT2D eigenvalue weighted by Crippen LogP contribution is 2.66. The van der Waals surface area contributed by atoms with Gasteiger partial charge >= 0.3 is 0 Å². The van der Waals surface area contributed by atoms with E-state index in [9.17, 15) is 19.5 Å². The van der Waals surface area contributed by atoms with E-state index in [-0.39, 0.29) is 24.3 Å². The van der Waals surface area contributed by atoms with Crippen molar-refractivity contribution >= 4 is 35.2 Å². The summed E-state index contributed by atoms with van der Waals surface area (Å²) in [4.78, 5) is 49.4. The normalized spacial score (nSPS) is 30.7. The largest absolute Gasteiger partial charge is 0.394 e. The van der Waals surface area contributed by atoms with Crippen molar-refractivity contribution in [2.75, 3.05) is 31.1 Å². The lowest BCUT2D eigenvalue weighted by Crippen LogP contribution is -2.57. The standard InChI is InChI=1S/C35H41N3O4S/c1-5-17-36-18-9-15-34(4)28(31(36)40)29-32(41)38(26(22-39)21-25-11-7-6-8-12-25)30-33(42)37(19-10-16-35(29,30)43-34)27-20-23(2)13-14-24(27)3/h6-16,20,26,28-30,39H,5,17-19,21-22H2,1-4H3/t26-,28+,29+,30?,34-,35+/m1/s1. The van der Waals surface area contributed by atoms with Crippen LogP contribution < -0.4 is 4.90 Å². The minimum absolute atomic E-state index is 0.0298. The van der Waals surface area contributed by atoms with E-state index in [1.54, 1.807) is 21.6 Å². The monoisotopic (exact) mass is 599 g/mol. The molecule has 2 fully saturated rings. The maximum Gasteiger partial charge on any atom is 0.251 e. The molecule has 226 valence electrons. The Kier molecular flexibility index (Phi) is 7.80. The van der Waals surface area contributed by atoms with E-state index in [4.69, 9.17) is 0 Å². The van der Waals surface area contributed by atoms with E-state index in [1.807, 2.05) is 86.4 Å². The van der Waals surface area contributed by atoms with Gasteiger partial charge in [0.2, 0.25) is 11.8 Å². The van der Waals surface area contributed by atoms with Gasteiger partial charge in [-0.05, 0) is 56.4 Å². The van der Waals surface area contributed by atoms with Crippen LogP contribution in [0.2, 0.25) is 0 Å². The first kappa shape index (κ1) is 29.7. The predicted molar refractivity (Wildman–Crippen MR) is 171 cm³/mol. The first-order valence-electron chi connectivity index (χ1n) is 15.3. The van der Waals surface area contributed by atoms with Crippen LogP contribution in [-0.2, 0) is 20.8 Å². The number of amides is 3. The van der Waals surface area contributed by atoms with E-state index >= 15 is 0 Å². The Morgan fingerprint density at radius 1 is 0.953 bits per heavy atom. The molecule has 6 rings (SSSR count). The molecule has 4 aliphatic rings. The first-order chi connectivity index (χ1) is 20.6. The highest BCUT2D eigenvalue weighted by atomic mass is 32.2. The third kappa shape index (κ3) is 4.74. The summed E-state index contributed by atoms with van der Waals surface area (Å²) in [7, 11) is 0. The second-order valence-electron chi connectivity index (χ2n) is 12.6. The molecule has 7 nitrogen and oxygen atoms in total. The molecule has 2 aromatic rings. The molecule has 1 N–H and O–H groups in total. The molecule has 0 radical (unpaired) electrons. The Morgan fingerprint density at radius 3 is 2.42 bits per heavy atom. The van der Waals surface area contributed by atoms with Crippen molar-refractivity contribution in [2.24, 2.45) is 11.8 Å². The van der Waals surface area contributed by atoms with Crippen molar-refractivity contribution in [3.05, 3.63) is 89.5 Å². The molecule has 4 heterocycles. The summed E-state index contributed by atoms with van der Waals surface area (Å²) in [5, 5.41) is 10.8. The van der Waals surface area contributed by atoms with Gasteiger partial charge in [-0.25, -0.2) is 0 Å². The van der Waals surface area contributed by atoms with Crippen LogP contribution in [0.5, 0.6) is 0 Å². The Labute approximate surface area is 258 Å². The summed E-state index contributed by atoms with van der Waals surface area (Å²) < 4.78 is -1.61. The Balaban J connectivity index is 1.51. The average Bonchev–Trinajstić information content (AvgIpc) is 3.27. The molecule has 2 saturated heterocycles. The quantitative estimate of drug-likeness (QED) is 0.480. The van der Waals surface area contributed by atoms with Crippen molar-refractivity contribution in [3.8, 4) is 0 Å². The van der Waals surface area contributed by atoms with Crippen LogP contribution in [0.4, 0.5) is 5.69 Å². The Morgan fingerprint density at radius 2 is 1.70 bits per heavy atom. The van der Waals surface area contributed by atoms with Crippen molar-refractivity contribution in [1.82, 2.24) is 9.80 Å². The van der Waals surface area contributed by atoms with Gasteiger partial charge in [-0.1, -0.05) is 73.7 Å². The first-order valence-corrected chi connectivity index (χ1v) is 16.2. The highest BCUT2D eigenvalue weighted by Gasteiger charge is 2.74. The molecular weight excluding hydrogens is 558 g/mol. The van der Waals surface area contributed by atoms with Gasteiger partial charge in [0.05, 0.1) is 29.2 Å². The summed E-state index contributed by atoms with van der Waals surface area (Å²) in [6.45, 7) is 9.31. The second-order valence-corrected chi connectivity index (χ2v) is 14.4. The minimum Gasteiger partial charge on any atom is -0.394 e. The molecule has 1 unspecified atom stereocenters. The van der Waals surface area contributed by atoms with Gasteiger partial charge in [0.15, 0.2) is 0 Å². The van der Waals surface area contributed by atoms with Gasteiger partial charge in [0.1, 0.15) is 6.04 Å². The second kappa shape index (κ2) is 11.3. The van der Waals surface area contributed by atoms with Gasteiger partial charge in [-0.2, -0.15) is 0 Å². The number of fused-ring (bicyclic) bond motifs is 2. The number of likely N-dealkylation sites (tertiary alicyclic amines) is 1. The number of carbonyl (C=O) groups is 3. The van der Waals surface area contributed by atoms with Gasteiger partial charge in [0, 0.05) is 30.1 Å². The van der Waals surface area contributed by atoms with Crippen LogP contribution >= 0.6 is 11.8 Å². The molecule has 1 spiro atoms. The van der Waals surface area contributed by atoms with Crippen LogP contribution in [0.15, 0.2) is 72.8 Å². The molecule has 0 aliphatic carbocycles. The SMILES string of the molecule is CCCN1CC=C[C@@]2(C)S[C@]34C=CCN(c5cc(C)ccc5C)C(=O)C3N([C@@H](CO)Cc3ccccc3)C(=O)[C@@H]4[C@H]2C1=O. The number of nitrogens with zero attached hydrogens (tertiary/aromatic N) is 3. The number of benzene rings is 2. The summed E-state index contributed by atoms with van der Waals surface area (Å²) >= 11 is 1.59. The number of thioether (sulfide) groups is 1. The molecular formula is C35H41N3O4S. The maximum absolute atomic E-state index is 15.0. The number of aliphatic hydroxyl groups is 1. The fourth-order valence-corrected chi connectivity index (χ4v) is 9.88. The van der Waals surface area contributed by atoms with Crippen molar-refractivity contribution in [3.63, 3.8) is 0 Å². The summed E-state index contributed by atoms with van der Waals surface area (Å²) in [5.41, 5.74) is 3.81. The summed E-state index contributed by atoms with van der Waals surface area (Å²) in [6, 6.07) is 14.3. The number of anilines is 1. The van der Waals surface area contributed by atoms with Gasteiger partial charge in [0.25, 0.3) is 5.91 Å². The van der Waals surface area contributed by atoms with Crippen LogP contribution in [-0.4, -0.2) is 80.4 Å². The average molecular weight is 600 g/mol. The molecule has 3 amide bonds. The van der Waals surface area contributed by atoms with Crippen molar-refractivity contribution in [2.45, 2.75) is 62.1 Å². The lowest BCUT2D eigenvalue weighted by molar-refractivity contribution is -0.145. The maximum atomic E-state index is 15.0. The molecule has 6 atom stereocenters. The van der Waals surface area contributed by atoms with Crippen molar-refractivity contribution in [1.29, 1.82) is 0 Å². The third-order valence-electron chi connectivity index (χ3n) is 9.65. The van der Waals surface area contributed by atoms with Crippen LogP contribution in [0.25, 0.3) is 0 Å². The number of rotatable bonds is 7. The summed E-state index contributed by atoms with van der Waals surface area (Å²) in [5.74, 6) is -1.77. The Bertz CT molecular complexity index is 1490. The van der Waals surface area contributed by atoms with Crippen molar-refractivity contribution < 1.29 is 19.5 Å². The Hall–Kier alpha value is -3.36. The minimum atomic E-state index is -0.959. The van der Waals surface area contributed by atoms with E-state index in [1.165, 1.54) is 0 Å². The topological polar surface area (TPSA) is 81.2 Å². The smallest absolute Gasteiger partial charge is 0.251 e. The van der Waals surface area contributed by atoms with E-state index in [2.05, 4.69) is 19.1 Å². The van der Waals surface area contributed by atoms with Crippen LogP contribution in [0.1, 0.15) is 37.0 Å². The zero-order chi connectivity index (χ0) is 30.5. The van der Waals surface area contributed by atoms with E-state index in [0.29, 0.717) is 26.1 Å². The van der Waals surface area contributed by atoms with E-state index in [0.717, 1.165) is 28.8 Å². The molecule has 2 aromatic carbocycles. The molecule has 0 aromatic heterocycles. The number of carbonyl (C=O) groups excluding carboxylic acids is 3. The van der Waals surface area contributed by atoms with Crippen LogP contribution in [0.3, 0.4) is 0 Å². The zero-order valence-corrected chi connectivity index (χ0v) is 26.2. The molecule has 43 heavy (non-hydrogen) atoms. The third-order valence-corrected chi connectivity index (χ3v) is 11.4. The molecule has 0 bridgehead atoms. The van der Waals surface area contributed by atoms with Gasteiger partial charge in [-0.3, -0.25) is 14.4 Å². The van der Waals surface area contributed by atoms with Gasteiger partial charge < -0.3 is 19.8 Å². The van der Waals surface area contributed by atoms with Crippen LogP contribution in [0, 0.1) is 25.7 Å². The molecule has 4 aliphatic heterocycles. The number of hydrogen-bond acceptors (Lipinski definition) is 5. The number of aryl methyl sites for hydroxylation is 2. The molecule has 8 heteroatoms. The lowest BCUT2D eigenvalue weighted by Gasteiger charge is -2.40. The molecule has 0 saturated carbocycles.